The Labute approximate surface area is 154 Å². The highest BCUT2D eigenvalue weighted by Gasteiger charge is 2.22. The van der Waals surface area contributed by atoms with Gasteiger partial charge < -0.3 is 0 Å². The summed E-state index contributed by atoms with van der Waals surface area (Å²) in [5, 5.41) is 8.28. The molecular weight excluding hydrogens is 356 g/mol. The summed E-state index contributed by atoms with van der Waals surface area (Å²) < 4.78 is 28.3. The zero-order chi connectivity index (χ0) is 18.8. The molecular formula is C19H17F2N3OS. The molecule has 0 N–H and O–H groups in total. The minimum absolute atomic E-state index is 0.127. The average molecular weight is 373 g/mol. The van der Waals surface area contributed by atoms with Crippen molar-refractivity contribution in [2.24, 2.45) is 0 Å². The minimum atomic E-state index is -1.04. The summed E-state index contributed by atoms with van der Waals surface area (Å²) in [6, 6.07) is 11.0. The summed E-state index contributed by atoms with van der Waals surface area (Å²) in [6.07, 6.45) is 0. The number of aromatic nitrogens is 3. The number of Topliss-reactive ketones (excluding diaryl/α,β-unsaturated/α-hetero) is 1. The zero-order valence-corrected chi connectivity index (χ0v) is 15.3. The number of thioether (sulfide) groups is 1. The summed E-state index contributed by atoms with van der Waals surface area (Å²) in [5.41, 5.74) is 2.16. The van der Waals surface area contributed by atoms with Gasteiger partial charge in [0.05, 0.1) is 5.25 Å². The lowest BCUT2D eigenvalue weighted by Crippen LogP contribution is -2.15. The Bertz CT molecular complexity index is 954. The largest absolute Gasteiger partial charge is 0.293 e. The molecule has 4 nitrogen and oxygen atoms in total. The van der Waals surface area contributed by atoms with Crippen LogP contribution in [0.3, 0.4) is 0 Å². The number of aryl methyl sites for hydroxylation is 2. The van der Waals surface area contributed by atoms with Gasteiger partial charge in [-0.2, -0.15) is 0 Å². The number of nitrogens with zero attached hydrogens (tertiary/aromatic N) is 3. The highest BCUT2D eigenvalue weighted by Crippen LogP contribution is 2.27. The molecule has 0 aliphatic carbocycles. The first-order chi connectivity index (χ1) is 12.4. The molecule has 0 amide bonds. The second kappa shape index (κ2) is 7.37. The lowest BCUT2D eigenvalue weighted by molar-refractivity contribution is 0.0993. The van der Waals surface area contributed by atoms with Gasteiger partial charge in [0.15, 0.2) is 22.6 Å². The summed E-state index contributed by atoms with van der Waals surface area (Å²) in [4.78, 5) is 12.5. The molecule has 3 aromatic rings. The minimum Gasteiger partial charge on any atom is -0.293 e. The molecule has 1 atom stereocenters. The van der Waals surface area contributed by atoms with Crippen molar-refractivity contribution in [3.05, 3.63) is 71.1 Å². The Kier molecular flexibility index (Phi) is 5.18. The number of benzene rings is 2. The third-order valence-corrected chi connectivity index (χ3v) is 4.99. The van der Waals surface area contributed by atoms with Crippen LogP contribution in [-0.4, -0.2) is 25.8 Å². The molecule has 1 unspecified atom stereocenters. The molecule has 134 valence electrons. The Morgan fingerprint density at radius 3 is 2.38 bits per heavy atom. The fourth-order valence-electron chi connectivity index (χ4n) is 2.51. The van der Waals surface area contributed by atoms with Crippen LogP contribution in [0, 0.1) is 25.5 Å². The first-order valence-corrected chi connectivity index (χ1v) is 8.90. The maximum absolute atomic E-state index is 13.4. The maximum Gasteiger partial charge on any atom is 0.196 e. The zero-order valence-electron chi connectivity index (χ0n) is 14.5. The smallest absolute Gasteiger partial charge is 0.196 e. The average Bonchev–Trinajstić information content (AvgIpc) is 2.98. The van der Waals surface area contributed by atoms with E-state index in [1.807, 2.05) is 42.7 Å². The van der Waals surface area contributed by atoms with Crippen molar-refractivity contribution in [2.45, 2.75) is 31.2 Å². The van der Waals surface area contributed by atoms with Crippen LogP contribution in [-0.2, 0) is 0 Å². The molecule has 0 saturated carbocycles. The topological polar surface area (TPSA) is 47.8 Å². The predicted molar refractivity (Wildman–Crippen MR) is 96.8 cm³/mol. The molecule has 0 saturated heterocycles. The van der Waals surface area contributed by atoms with Crippen LogP contribution in [0.1, 0.15) is 28.7 Å². The predicted octanol–water partition coefficient (Wildman–Crippen LogP) is 4.53. The van der Waals surface area contributed by atoms with E-state index in [1.54, 1.807) is 6.92 Å². The lowest BCUT2D eigenvalue weighted by Gasteiger charge is -2.12. The molecule has 1 heterocycles. The number of hydrogen-bond acceptors (Lipinski definition) is 4. The summed E-state index contributed by atoms with van der Waals surface area (Å²) in [5.74, 6) is -1.61. The monoisotopic (exact) mass is 373 g/mol. The third kappa shape index (κ3) is 3.67. The van der Waals surface area contributed by atoms with Crippen LogP contribution in [0.25, 0.3) is 5.69 Å². The Balaban J connectivity index is 1.86. The van der Waals surface area contributed by atoms with Gasteiger partial charge >= 0.3 is 0 Å². The van der Waals surface area contributed by atoms with E-state index >= 15 is 0 Å². The molecule has 0 fully saturated rings. The molecule has 0 bridgehead atoms. The van der Waals surface area contributed by atoms with E-state index < -0.39 is 16.9 Å². The second-order valence-corrected chi connectivity index (χ2v) is 7.26. The Morgan fingerprint density at radius 1 is 1.04 bits per heavy atom. The van der Waals surface area contributed by atoms with Crippen LogP contribution in [0.2, 0.25) is 0 Å². The Hall–Kier alpha value is -2.54. The van der Waals surface area contributed by atoms with E-state index in [0.717, 1.165) is 23.4 Å². The van der Waals surface area contributed by atoms with Crippen molar-refractivity contribution < 1.29 is 13.6 Å². The first-order valence-electron chi connectivity index (χ1n) is 8.02. The van der Waals surface area contributed by atoms with E-state index in [4.69, 9.17) is 0 Å². The number of ketones is 1. The van der Waals surface area contributed by atoms with Crippen molar-refractivity contribution >= 4 is 17.5 Å². The number of halogens is 2. The molecule has 26 heavy (non-hydrogen) atoms. The highest BCUT2D eigenvalue weighted by molar-refractivity contribution is 8.00. The quantitative estimate of drug-likeness (QED) is 0.487. The normalized spacial score (nSPS) is 12.2. The number of rotatable bonds is 5. The van der Waals surface area contributed by atoms with Crippen molar-refractivity contribution in [3.8, 4) is 5.69 Å². The van der Waals surface area contributed by atoms with E-state index in [9.17, 15) is 13.6 Å². The Morgan fingerprint density at radius 2 is 1.73 bits per heavy atom. The highest BCUT2D eigenvalue weighted by atomic mass is 32.2. The fraction of sp³-hybridized carbons (Fsp3) is 0.211. The number of carbonyl (C=O) groups is 1. The van der Waals surface area contributed by atoms with E-state index in [-0.39, 0.29) is 11.3 Å². The van der Waals surface area contributed by atoms with Crippen LogP contribution < -0.4 is 0 Å². The van der Waals surface area contributed by atoms with Crippen LogP contribution in [0.5, 0.6) is 0 Å². The first kappa shape index (κ1) is 18.3. The number of carbonyl (C=O) groups excluding carboxylic acids is 1. The van der Waals surface area contributed by atoms with Crippen molar-refractivity contribution in [1.82, 2.24) is 14.8 Å². The molecule has 3 rings (SSSR count). The standard InChI is InChI=1S/C19H17F2N3OS/c1-11-4-7-15(8-5-11)24-13(3)22-23-19(24)26-12(2)18(25)14-6-9-16(20)17(21)10-14/h4-10,12H,1-3H3. The van der Waals surface area contributed by atoms with Crippen molar-refractivity contribution in [2.75, 3.05) is 0 Å². The van der Waals surface area contributed by atoms with Gasteiger partial charge in [-0.05, 0) is 51.1 Å². The molecule has 1 aromatic heterocycles. The third-order valence-electron chi connectivity index (χ3n) is 3.94. The van der Waals surface area contributed by atoms with Gasteiger partial charge in [0.1, 0.15) is 5.82 Å². The second-order valence-electron chi connectivity index (χ2n) is 5.95. The van der Waals surface area contributed by atoms with Gasteiger partial charge in [-0.3, -0.25) is 9.36 Å². The maximum atomic E-state index is 13.4. The van der Waals surface area contributed by atoms with Gasteiger partial charge in [0.25, 0.3) is 0 Å². The van der Waals surface area contributed by atoms with Crippen LogP contribution in [0.15, 0.2) is 47.6 Å². The van der Waals surface area contributed by atoms with Gasteiger partial charge in [0.2, 0.25) is 0 Å². The molecule has 0 spiro atoms. The lowest BCUT2D eigenvalue weighted by atomic mass is 10.1. The summed E-state index contributed by atoms with van der Waals surface area (Å²) >= 11 is 1.23. The van der Waals surface area contributed by atoms with E-state index in [1.165, 1.54) is 17.8 Å². The molecule has 7 heteroatoms. The van der Waals surface area contributed by atoms with Gasteiger partial charge in [-0.1, -0.05) is 29.5 Å². The SMILES string of the molecule is Cc1ccc(-n2c(C)nnc2SC(C)C(=O)c2ccc(F)c(F)c2)cc1. The summed E-state index contributed by atoms with van der Waals surface area (Å²) in [7, 11) is 0. The molecule has 0 aliphatic heterocycles. The van der Waals surface area contributed by atoms with Crippen LogP contribution >= 0.6 is 11.8 Å². The van der Waals surface area contributed by atoms with Gasteiger partial charge in [-0.25, -0.2) is 8.78 Å². The molecule has 0 radical (unpaired) electrons. The summed E-state index contributed by atoms with van der Waals surface area (Å²) in [6.45, 7) is 5.54. The van der Waals surface area contributed by atoms with Crippen LogP contribution in [0.4, 0.5) is 8.78 Å². The van der Waals surface area contributed by atoms with Gasteiger partial charge in [0, 0.05) is 11.3 Å². The molecule has 0 aliphatic rings. The fourth-order valence-corrected chi connectivity index (χ4v) is 3.50. The number of hydrogen-bond donors (Lipinski definition) is 0. The van der Waals surface area contributed by atoms with E-state index in [2.05, 4.69) is 10.2 Å². The molecule has 2 aromatic carbocycles. The van der Waals surface area contributed by atoms with Crippen molar-refractivity contribution in [1.29, 1.82) is 0 Å². The van der Waals surface area contributed by atoms with Gasteiger partial charge in [-0.15, -0.1) is 10.2 Å². The van der Waals surface area contributed by atoms with Crippen molar-refractivity contribution in [3.63, 3.8) is 0 Å². The van der Waals surface area contributed by atoms with E-state index in [0.29, 0.717) is 11.0 Å².